The lowest BCUT2D eigenvalue weighted by Crippen LogP contribution is -2.56. The first-order chi connectivity index (χ1) is 21.7. The van der Waals surface area contributed by atoms with Gasteiger partial charge in [-0.05, 0) is 91.8 Å². The number of halogens is 2. The summed E-state index contributed by atoms with van der Waals surface area (Å²) in [7, 11) is 0. The van der Waals surface area contributed by atoms with Crippen molar-refractivity contribution in [1.29, 1.82) is 5.41 Å². The topological polar surface area (TPSA) is 94.5 Å². The van der Waals surface area contributed by atoms with Gasteiger partial charge in [-0.3, -0.25) is 9.59 Å². The van der Waals surface area contributed by atoms with Crippen LogP contribution >= 0.6 is 0 Å². The van der Waals surface area contributed by atoms with E-state index in [1.807, 2.05) is 48.2 Å². The highest BCUT2D eigenvalue weighted by atomic mass is 19.1. The van der Waals surface area contributed by atoms with E-state index >= 15 is 0 Å². The second kappa shape index (κ2) is 16.1. The summed E-state index contributed by atoms with van der Waals surface area (Å²) < 4.78 is 33.9. The number of rotatable bonds is 13. The van der Waals surface area contributed by atoms with E-state index in [9.17, 15) is 18.4 Å². The molecule has 0 bridgehead atoms. The average Bonchev–Trinajstić information content (AvgIpc) is 3.03. The molecule has 238 valence electrons. The molecular weight excluding hydrogens is 574 g/mol. The number of aryl methyl sites for hydroxylation is 1. The third-order valence-corrected chi connectivity index (χ3v) is 8.17. The largest absolute Gasteiger partial charge is 0.481 e. The molecule has 1 aliphatic rings. The molecule has 1 aliphatic heterocycles. The molecule has 3 atom stereocenters. The maximum Gasteiger partial charge on any atom is 0.263 e. The van der Waals surface area contributed by atoms with Gasteiger partial charge in [0.15, 0.2) is 6.10 Å². The van der Waals surface area contributed by atoms with Gasteiger partial charge in [0.1, 0.15) is 17.4 Å². The number of carbonyl (C=O) groups is 2. The first-order valence-corrected chi connectivity index (χ1v) is 15.5. The number of nitrogens with zero attached hydrogens (tertiary/aromatic N) is 1. The number of hydrogen-bond acceptors (Lipinski definition) is 5. The van der Waals surface area contributed by atoms with Crippen LogP contribution in [0.15, 0.2) is 84.1 Å². The van der Waals surface area contributed by atoms with Crippen LogP contribution in [0.1, 0.15) is 62.1 Å². The van der Waals surface area contributed by atoms with E-state index in [0.29, 0.717) is 61.5 Å². The molecule has 9 heteroatoms. The van der Waals surface area contributed by atoms with E-state index in [1.54, 1.807) is 26.0 Å². The van der Waals surface area contributed by atoms with Crippen LogP contribution in [0.25, 0.3) is 0 Å². The van der Waals surface area contributed by atoms with Gasteiger partial charge in [-0.15, -0.1) is 0 Å². The minimum Gasteiger partial charge on any atom is -0.481 e. The van der Waals surface area contributed by atoms with Crippen LogP contribution in [-0.2, 0) is 9.59 Å². The zero-order chi connectivity index (χ0) is 32.3. The Bertz CT molecular complexity index is 1470. The number of piperazine rings is 1. The lowest BCUT2D eigenvalue weighted by atomic mass is 9.87. The Kier molecular flexibility index (Phi) is 12.0. The third kappa shape index (κ3) is 9.31. The second-order valence-electron chi connectivity index (χ2n) is 11.4. The number of ether oxygens (including phenoxy) is 1. The molecule has 0 radical (unpaired) electrons. The van der Waals surface area contributed by atoms with Crippen LogP contribution in [0.2, 0.25) is 0 Å². The van der Waals surface area contributed by atoms with Crippen molar-refractivity contribution >= 4 is 18.0 Å². The third-order valence-electron chi connectivity index (χ3n) is 8.17. The molecule has 1 heterocycles. The van der Waals surface area contributed by atoms with E-state index in [4.69, 9.17) is 10.1 Å². The Morgan fingerprint density at radius 1 is 1.07 bits per heavy atom. The molecule has 3 N–H and O–H groups in total. The fraction of sp³-hybridized carbons (Fsp3) is 0.361. The van der Waals surface area contributed by atoms with E-state index in [1.165, 1.54) is 24.3 Å². The number of benzene rings is 3. The zero-order valence-electron chi connectivity index (χ0n) is 26.1. The van der Waals surface area contributed by atoms with E-state index in [0.717, 1.165) is 17.4 Å². The van der Waals surface area contributed by atoms with Crippen molar-refractivity contribution in [2.24, 2.45) is 0 Å². The minimum atomic E-state index is -0.637. The Morgan fingerprint density at radius 3 is 2.47 bits per heavy atom. The van der Waals surface area contributed by atoms with Gasteiger partial charge in [0.25, 0.3) is 5.91 Å². The monoisotopic (exact) mass is 616 g/mol. The van der Waals surface area contributed by atoms with Gasteiger partial charge in [-0.25, -0.2) is 8.78 Å². The van der Waals surface area contributed by atoms with Crippen molar-refractivity contribution in [3.05, 3.63) is 112 Å². The molecule has 0 aromatic heterocycles. The van der Waals surface area contributed by atoms with Crippen LogP contribution < -0.4 is 15.4 Å². The van der Waals surface area contributed by atoms with Crippen molar-refractivity contribution in [2.75, 3.05) is 19.6 Å². The Hall–Kier alpha value is -4.37. The van der Waals surface area contributed by atoms with Crippen molar-refractivity contribution in [3.63, 3.8) is 0 Å². The van der Waals surface area contributed by atoms with E-state index in [2.05, 4.69) is 10.6 Å². The first kappa shape index (κ1) is 33.5. The SMILES string of the molecule is CC/C(CC[C@H]1CNCCN1C(=O)C(C)Oc1ccccc1)=C(\C=N)NC(=O)C[C@@H](c1ccc(F)cc1)c1cc(C)cc(F)c1. The normalized spacial score (nSPS) is 16.7. The molecule has 1 fully saturated rings. The van der Waals surface area contributed by atoms with Gasteiger partial charge in [-0.1, -0.05) is 43.3 Å². The van der Waals surface area contributed by atoms with Gasteiger partial charge in [0, 0.05) is 44.2 Å². The molecule has 2 amide bonds. The summed E-state index contributed by atoms with van der Waals surface area (Å²) in [5.74, 6) is -1.08. The fourth-order valence-electron chi connectivity index (χ4n) is 5.84. The molecule has 0 spiro atoms. The summed E-state index contributed by atoms with van der Waals surface area (Å²) in [6, 6.07) is 19.7. The van der Waals surface area contributed by atoms with Gasteiger partial charge >= 0.3 is 0 Å². The summed E-state index contributed by atoms with van der Waals surface area (Å²) >= 11 is 0. The molecule has 0 saturated carbocycles. The van der Waals surface area contributed by atoms with E-state index < -0.39 is 23.7 Å². The molecule has 1 saturated heterocycles. The fourth-order valence-corrected chi connectivity index (χ4v) is 5.84. The van der Waals surface area contributed by atoms with Crippen LogP contribution in [0.3, 0.4) is 0 Å². The summed E-state index contributed by atoms with van der Waals surface area (Å²) in [5, 5.41) is 14.4. The maximum absolute atomic E-state index is 14.3. The van der Waals surface area contributed by atoms with Crippen LogP contribution in [0, 0.1) is 24.0 Å². The van der Waals surface area contributed by atoms with Crippen LogP contribution in [-0.4, -0.2) is 54.7 Å². The summed E-state index contributed by atoms with van der Waals surface area (Å²) in [6.07, 6.45) is 2.33. The molecule has 1 unspecified atom stereocenters. The van der Waals surface area contributed by atoms with Crippen molar-refractivity contribution < 1.29 is 23.1 Å². The van der Waals surface area contributed by atoms with E-state index in [-0.39, 0.29) is 24.3 Å². The molecule has 7 nitrogen and oxygen atoms in total. The number of hydrogen-bond donors (Lipinski definition) is 3. The summed E-state index contributed by atoms with van der Waals surface area (Å²) in [4.78, 5) is 28.7. The predicted molar refractivity (Wildman–Crippen MR) is 172 cm³/mol. The maximum atomic E-state index is 14.3. The van der Waals surface area contributed by atoms with Gasteiger partial charge in [-0.2, -0.15) is 0 Å². The van der Waals surface area contributed by atoms with Gasteiger partial charge < -0.3 is 25.7 Å². The Labute approximate surface area is 264 Å². The van der Waals surface area contributed by atoms with Gasteiger partial charge in [0.2, 0.25) is 5.91 Å². The minimum absolute atomic E-state index is 0.0169. The van der Waals surface area contributed by atoms with Crippen molar-refractivity contribution in [2.45, 2.75) is 64.5 Å². The number of nitrogens with one attached hydrogen (secondary N) is 3. The van der Waals surface area contributed by atoms with Crippen LogP contribution in [0.5, 0.6) is 5.75 Å². The Morgan fingerprint density at radius 2 is 1.80 bits per heavy atom. The highest BCUT2D eigenvalue weighted by Gasteiger charge is 2.31. The molecule has 0 aliphatic carbocycles. The number of carbonyl (C=O) groups excluding carboxylic acids is 2. The molecule has 3 aromatic carbocycles. The predicted octanol–water partition coefficient (Wildman–Crippen LogP) is 6.27. The summed E-state index contributed by atoms with van der Waals surface area (Å²) in [6.45, 7) is 7.41. The average molecular weight is 617 g/mol. The number of amides is 2. The number of para-hydroxylation sites is 1. The lowest BCUT2D eigenvalue weighted by molar-refractivity contribution is -0.141. The number of allylic oxidation sites excluding steroid dienone is 2. The highest BCUT2D eigenvalue weighted by Crippen LogP contribution is 2.30. The van der Waals surface area contributed by atoms with Crippen molar-refractivity contribution in [1.82, 2.24) is 15.5 Å². The molecule has 45 heavy (non-hydrogen) atoms. The second-order valence-corrected chi connectivity index (χ2v) is 11.4. The van der Waals surface area contributed by atoms with Gasteiger partial charge in [0.05, 0.1) is 5.70 Å². The first-order valence-electron chi connectivity index (χ1n) is 15.5. The van der Waals surface area contributed by atoms with Crippen LogP contribution in [0.4, 0.5) is 8.78 Å². The lowest BCUT2D eigenvalue weighted by Gasteiger charge is -2.38. The zero-order valence-corrected chi connectivity index (χ0v) is 26.1. The van der Waals surface area contributed by atoms with Crippen molar-refractivity contribution in [3.8, 4) is 5.75 Å². The quantitative estimate of drug-likeness (QED) is 0.197. The standard InChI is InChI=1S/C36H42F2N4O3/c1-4-26(12-15-31-23-40-16-17-42(31)36(44)25(3)45-32-8-6-5-7-9-32)34(22-39)41-35(43)21-33(27-10-13-29(37)14-11-27)28-18-24(2)19-30(38)20-28/h5-11,13-14,18-20,22,25,31,33,39-40H,4,12,15-17,21,23H2,1-3H3,(H,41,43)/b34-26-,39-22?/t25?,31-,33-/m0/s1. The molecular formula is C36H42F2N4O3. The molecule has 4 rings (SSSR count). The Balaban J connectivity index is 1.46. The highest BCUT2D eigenvalue weighted by molar-refractivity contribution is 5.88. The smallest absolute Gasteiger partial charge is 0.263 e. The molecule has 3 aromatic rings. The summed E-state index contributed by atoms with van der Waals surface area (Å²) in [5.41, 5.74) is 3.33.